The monoisotopic (exact) mass is 310 g/mol. The van der Waals surface area contributed by atoms with Crippen LogP contribution in [0.25, 0.3) is 0 Å². The summed E-state index contributed by atoms with van der Waals surface area (Å²) < 4.78 is 5.58. The van der Waals surface area contributed by atoms with E-state index in [1.165, 1.54) is 5.56 Å². The Hall–Kier alpha value is -2.62. The van der Waals surface area contributed by atoms with E-state index >= 15 is 0 Å². The summed E-state index contributed by atoms with van der Waals surface area (Å²) in [5, 5.41) is 3.97. The zero-order chi connectivity index (χ0) is 16.7. The fourth-order valence-corrected chi connectivity index (χ4v) is 1.98. The van der Waals surface area contributed by atoms with E-state index in [0.29, 0.717) is 5.75 Å². The van der Waals surface area contributed by atoms with Crippen molar-refractivity contribution in [1.82, 2.24) is 5.43 Å². The molecule has 0 aromatic heterocycles. The first kappa shape index (κ1) is 16.7. The molecule has 2 aromatic rings. The number of hydrogen-bond acceptors (Lipinski definition) is 3. The maximum Gasteiger partial charge on any atom is 0.280 e. The lowest BCUT2D eigenvalue weighted by atomic mass is 10.1. The maximum absolute atomic E-state index is 12.0. The van der Waals surface area contributed by atoms with Crippen molar-refractivity contribution < 1.29 is 9.53 Å². The number of ether oxygens (including phenoxy) is 1. The van der Waals surface area contributed by atoms with Gasteiger partial charge in [0.1, 0.15) is 5.75 Å². The van der Waals surface area contributed by atoms with Crippen LogP contribution in [-0.2, 0) is 11.2 Å². The molecule has 1 atom stereocenters. The standard InChI is InChI=1S/C19H22N2O2/c1-4-16-7-9-17(10-8-16)13-20-21-19(22)15(3)23-18-11-5-14(2)6-12-18/h5-13,15H,4H2,1-3H3,(H,21,22). The SMILES string of the molecule is CCc1ccc(C=NNC(=O)C(C)Oc2ccc(C)cc2)cc1. The third-order valence-corrected chi connectivity index (χ3v) is 3.48. The molecule has 0 bridgehead atoms. The molecular weight excluding hydrogens is 288 g/mol. The second kappa shape index (κ2) is 8.13. The predicted octanol–water partition coefficient (Wildman–Crippen LogP) is 3.48. The van der Waals surface area contributed by atoms with E-state index in [2.05, 4.69) is 17.5 Å². The highest BCUT2D eigenvalue weighted by molar-refractivity contribution is 5.84. The largest absolute Gasteiger partial charge is 0.481 e. The smallest absolute Gasteiger partial charge is 0.280 e. The van der Waals surface area contributed by atoms with Crippen LogP contribution < -0.4 is 10.2 Å². The molecule has 4 heteroatoms. The topological polar surface area (TPSA) is 50.7 Å². The van der Waals surface area contributed by atoms with Crippen molar-refractivity contribution >= 4 is 12.1 Å². The lowest BCUT2D eigenvalue weighted by molar-refractivity contribution is -0.127. The van der Waals surface area contributed by atoms with Crippen LogP contribution >= 0.6 is 0 Å². The number of nitrogens with zero attached hydrogens (tertiary/aromatic N) is 1. The minimum absolute atomic E-state index is 0.285. The highest BCUT2D eigenvalue weighted by Gasteiger charge is 2.13. The molecule has 23 heavy (non-hydrogen) atoms. The molecule has 0 aliphatic rings. The van der Waals surface area contributed by atoms with Crippen LogP contribution in [-0.4, -0.2) is 18.2 Å². The summed E-state index contributed by atoms with van der Waals surface area (Å²) in [5.74, 6) is 0.379. The van der Waals surface area contributed by atoms with E-state index in [4.69, 9.17) is 4.74 Å². The summed E-state index contributed by atoms with van der Waals surface area (Å²) in [4.78, 5) is 12.0. The van der Waals surface area contributed by atoms with Crippen LogP contribution in [0.3, 0.4) is 0 Å². The van der Waals surface area contributed by atoms with Crippen molar-refractivity contribution in [3.05, 3.63) is 65.2 Å². The summed E-state index contributed by atoms with van der Waals surface area (Å²) >= 11 is 0. The van der Waals surface area contributed by atoms with Gasteiger partial charge in [0.15, 0.2) is 6.10 Å². The second-order valence-electron chi connectivity index (χ2n) is 5.40. The van der Waals surface area contributed by atoms with E-state index in [0.717, 1.165) is 17.5 Å². The Morgan fingerprint density at radius 3 is 2.43 bits per heavy atom. The van der Waals surface area contributed by atoms with Crippen molar-refractivity contribution in [2.45, 2.75) is 33.3 Å². The molecule has 4 nitrogen and oxygen atoms in total. The Bertz CT molecular complexity index is 661. The zero-order valence-corrected chi connectivity index (χ0v) is 13.7. The third kappa shape index (κ3) is 5.25. The highest BCUT2D eigenvalue weighted by atomic mass is 16.5. The number of rotatable bonds is 6. The van der Waals surface area contributed by atoms with Crippen LogP contribution in [0.5, 0.6) is 5.75 Å². The van der Waals surface area contributed by atoms with Crippen LogP contribution in [0.15, 0.2) is 53.6 Å². The van der Waals surface area contributed by atoms with Crippen molar-refractivity contribution in [1.29, 1.82) is 0 Å². The molecule has 0 aliphatic carbocycles. The summed E-state index contributed by atoms with van der Waals surface area (Å²) in [6.45, 7) is 5.81. The molecular formula is C19H22N2O2. The third-order valence-electron chi connectivity index (χ3n) is 3.48. The minimum atomic E-state index is -0.614. The molecule has 0 aliphatic heterocycles. The molecule has 1 N–H and O–H groups in total. The van der Waals surface area contributed by atoms with Crippen molar-refractivity contribution in [3.63, 3.8) is 0 Å². The molecule has 1 amide bonds. The average molecular weight is 310 g/mol. The molecule has 0 saturated carbocycles. The number of aryl methyl sites for hydroxylation is 2. The van der Waals surface area contributed by atoms with Crippen molar-refractivity contribution in [3.8, 4) is 5.75 Å². The predicted molar refractivity (Wildman–Crippen MR) is 92.8 cm³/mol. The van der Waals surface area contributed by atoms with E-state index in [1.807, 2.05) is 55.5 Å². The van der Waals surface area contributed by atoms with Crippen LogP contribution in [0, 0.1) is 6.92 Å². The van der Waals surface area contributed by atoms with Gasteiger partial charge < -0.3 is 4.74 Å². The highest BCUT2D eigenvalue weighted by Crippen LogP contribution is 2.13. The summed E-state index contributed by atoms with van der Waals surface area (Å²) in [6, 6.07) is 15.6. The van der Waals surface area contributed by atoms with E-state index in [-0.39, 0.29) is 5.91 Å². The molecule has 0 spiro atoms. The first-order valence-corrected chi connectivity index (χ1v) is 7.73. The summed E-state index contributed by atoms with van der Waals surface area (Å²) in [6.07, 6.45) is 2.01. The number of amides is 1. The fraction of sp³-hybridized carbons (Fsp3) is 0.263. The van der Waals surface area contributed by atoms with Crippen LogP contribution in [0.2, 0.25) is 0 Å². The number of nitrogens with one attached hydrogen (secondary N) is 1. The van der Waals surface area contributed by atoms with Gasteiger partial charge in [-0.1, -0.05) is 48.9 Å². The van der Waals surface area contributed by atoms with Crippen LogP contribution in [0.4, 0.5) is 0 Å². The molecule has 2 rings (SSSR count). The fourth-order valence-electron chi connectivity index (χ4n) is 1.98. The average Bonchev–Trinajstić information content (AvgIpc) is 2.57. The molecule has 0 heterocycles. The lowest BCUT2D eigenvalue weighted by Gasteiger charge is -2.12. The van der Waals surface area contributed by atoms with Gasteiger partial charge in [0.25, 0.3) is 5.91 Å². The minimum Gasteiger partial charge on any atom is -0.481 e. The summed E-state index contributed by atoms with van der Waals surface area (Å²) in [5.41, 5.74) is 5.85. The van der Waals surface area contributed by atoms with Gasteiger partial charge in [0.2, 0.25) is 0 Å². The number of hydrogen-bond donors (Lipinski definition) is 1. The Morgan fingerprint density at radius 2 is 1.83 bits per heavy atom. The number of hydrazone groups is 1. The van der Waals surface area contributed by atoms with Gasteiger partial charge in [0, 0.05) is 0 Å². The van der Waals surface area contributed by atoms with Gasteiger partial charge in [-0.15, -0.1) is 0 Å². The van der Waals surface area contributed by atoms with E-state index in [1.54, 1.807) is 13.1 Å². The van der Waals surface area contributed by atoms with Crippen molar-refractivity contribution in [2.24, 2.45) is 5.10 Å². The first-order valence-electron chi connectivity index (χ1n) is 7.73. The molecule has 120 valence electrons. The molecule has 2 aromatic carbocycles. The first-order chi connectivity index (χ1) is 11.1. The second-order valence-corrected chi connectivity index (χ2v) is 5.40. The molecule has 0 radical (unpaired) electrons. The van der Waals surface area contributed by atoms with Gasteiger partial charge in [0.05, 0.1) is 6.21 Å². The Balaban J connectivity index is 1.85. The van der Waals surface area contributed by atoms with Gasteiger partial charge in [-0.25, -0.2) is 5.43 Å². The Kier molecular flexibility index (Phi) is 5.92. The quantitative estimate of drug-likeness (QED) is 0.656. The van der Waals surface area contributed by atoms with Gasteiger partial charge in [-0.3, -0.25) is 4.79 Å². The van der Waals surface area contributed by atoms with Crippen molar-refractivity contribution in [2.75, 3.05) is 0 Å². The van der Waals surface area contributed by atoms with E-state index in [9.17, 15) is 4.79 Å². The van der Waals surface area contributed by atoms with Gasteiger partial charge in [-0.2, -0.15) is 5.10 Å². The van der Waals surface area contributed by atoms with Gasteiger partial charge >= 0.3 is 0 Å². The summed E-state index contributed by atoms with van der Waals surface area (Å²) in [7, 11) is 0. The van der Waals surface area contributed by atoms with Crippen LogP contribution in [0.1, 0.15) is 30.5 Å². The Morgan fingerprint density at radius 1 is 1.17 bits per heavy atom. The molecule has 0 fully saturated rings. The van der Waals surface area contributed by atoms with E-state index < -0.39 is 6.10 Å². The number of carbonyl (C=O) groups excluding carboxylic acids is 1. The maximum atomic E-state index is 12.0. The van der Waals surface area contributed by atoms with Gasteiger partial charge in [-0.05, 0) is 43.5 Å². The lowest BCUT2D eigenvalue weighted by Crippen LogP contribution is -2.33. The number of benzene rings is 2. The Labute approximate surface area is 137 Å². The molecule has 0 saturated heterocycles. The zero-order valence-electron chi connectivity index (χ0n) is 13.7. The normalized spacial score (nSPS) is 12.1. The molecule has 1 unspecified atom stereocenters. The number of carbonyl (C=O) groups is 1.